The number of nitro benzene ring substituents is 1. The van der Waals surface area contributed by atoms with Gasteiger partial charge in [-0.3, -0.25) is 10.1 Å². The predicted molar refractivity (Wildman–Crippen MR) is 61.2 cm³/mol. The number of hydrogen-bond donors (Lipinski definition) is 1. The van der Waals surface area contributed by atoms with Gasteiger partial charge >= 0.3 is 0 Å². The minimum Gasteiger partial charge on any atom is -0.507 e. The Morgan fingerprint density at radius 1 is 1.53 bits per heavy atom. The van der Waals surface area contributed by atoms with E-state index in [0.29, 0.717) is 12.1 Å². The molecule has 0 fully saturated rings. The van der Waals surface area contributed by atoms with Gasteiger partial charge in [-0.05, 0) is 27.4 Å². The quantitative estimate of drug-likeness (QED) is 0.635. The summed E-state index contributed by atoms with van der Waals surface area (Å²) in [6.45, 7) is -10.7. The van der Waals surface area contributed by atoms with Crippen molar-refractivity contribution in [1.82, 2.24) is 0 Å². The van der Waals surface area contributed by atoms with E-state index in [-0.39, 0.29) is 4.47 Å². The summed E-state index contributed by atoms with van der Waals surface area (Å²) in [5.74, 6) is -1.10. The van der Waals surface area contributed by atoms with Crippen LogP contribution in [0.3, 0.4) is 0 Å². The van der Waals surface area contributed by atoms with Gasteiger partial charge in [0.05, 0.1) is 15.5 Å². The van der Waals surface area contributed by atoms with Crippen LogP contribution in [0.5, 0.6) is 5.75 Å². The Bertz CT molecular complexity index is 629. The largest absolute Gasteiger partial charge is 0.507 e. The second-order valence-electron chi connectivity index (χ2n) is 2.83. The number of nitrogens with zero attached hydrogens (tertiary/aromatic N) is 1. The number of nitro groups is 1. The molecule has 1 aromatic rings. The zero-order chi connectivity index (χ0) is 19.3. The number of halogens is 1. The highest BCUT2D eigenvalue weighted by Gasteiger charge is 2.23. The molecule has 0 saturated carbocycles. The number of aromatic hydroxyl groups is 1. The second-order valence-corrected chi connectivity index (χ2v) is 3.68. The van der Waals surface area contributed by atoms with Gasteiger partial charge in [-0.15, -0.1) is 0 Å². The molecule has 0 aromatic heterocycles. The first-order valence-electron chi connectivity index (χ1n) is 8.16. The Balaban J connectivity index is 4.03. The lowest BCUT2D eigenvalue weighted by Gasteiger charge is -2.20. The van der Waals surface area contributed by atoms with Gasteiger partial charge < -0.3 is 5.11 Å². The Hall–Kier alpha value is -1.10. The third-order valence-corrected chi connectivity index (χ3v) is 2.30. The fourth-order valence-corrected chi connectivity index (χ4v) is 1.48. The molecule has 0 amide bonds. The molecule has 0 unspecified atom stereocenters. The van der Waals surface area contributed by atoms with Crippen molar-refractivity contribution in [3.05, 3.63) is 32.3 Å². The lowest BCUT2D eigenvalue weighted by atomic mass is 9.86. The third-order valence-electron chi connectivity index (χ3n) is 1.67. The molecule has 0 atom stereocenters. The van der Waals surface area contributed by atoms with Crippen LogP contribution < -0.4 is 0 Å². The van der Waals surface area contributed by atoms with Crippen molar-refractivity contribution >= 4 is 21.6 Å². The lowest BCUT2D eigenvalue weighted by molar-refractivity contribution is -0.385. The molecule has 5 heteroatoms. The first kappa shape index (κ1) is 4.41. The van der Waals surface area contributed by atoms with Crippen LogP contribution in [0.4, 0.5) is 5.69 Å². The highest BCUT2D eigenvalue weighted by atomic mass is 79.9. The maximum atomic E-state index is 10.9. The highest BCUT2D eigenvalue weighted by molar-refractivity contribution is 9.10. The number of benzene rings is 1. The normalized spacial score (nSPS) is 22.9. The Kier molecular flexibility index (Phi) is 1.12. The topological polar surface area (TPSA) is 63.4 Å². The molecule has 0 bridgehead atoms. The summed E-state index contributed by atoms with van der Waals surface area (Å²) in [6, 6.07) is 1.16. The van der Waals surface area contributed by atoms with Crippen molar-refractivity contribution in [3.8, 4) is 5.75 Å². The fraction of sp³-hybridized carbons (Fsp3) is 0.400. The van der Waals surface area contributed by atoms with E-state index in [1.807, 2.05) is 0 Å². The molecule has 1 N–H and O–H groups in total. The molecule has 0 aliphatic rings. The molecule has 82 valence electrons. The van der Waals surface area contributed by atoms with Crippen molar-refractivity contribution in [2.24, 2.45) is 0 Å². The molecule has 0 spiro atoms. The molecule has 0 saturated heterocycles. The molecule has 0 aliphatic carbocycles. The molecule has 0 heterocycles. The van der Waals surface area contributed by atoms with Crippen LogP contribution in [-0.2, 0) is 5.41 Å². The van der Waals surface area contributed by atoms with Crippen LogP contribution in [0.25, 0.3) is 0 Å². The minimum absolute atomic E-state index is 0.359. The van der Waals surface area contributed by atoms with Crippen LogP contribution in [0.2, 0.25) is 0 Å². The van der Waals surface area contributed by atoms with Crippen molar-refractivity contribution in [2.45, 2.75) is 26.0 Å². The summed E-state index contributed by atoms with van der Waals surface area (Å²) in [4.78, 5) is 9.95. The molecule has 1 aromatic carbocycles. The van der Waals surface area contributed by atoms with Gasteiger partial charge in [0.15, 0.2) is 0 Å². The van der Waals surface area contributed by atoms with E-state index in [1.165, 1.54) is 0 Å². The van der Waals surface area contributed by atoms with Gasteiger partial charge in [0, 0.05) is 17.9 Å². The number of rotatable bonds is 1. The minimum atomic E-state index is -3.57. The van der Waals surface area contributed by atoms with Crippen LogP contribution in [-0.4, -0.2) is 10.0 Å². The zero-order valence-electron chi connectivity index (χ0n) is 16.2. The fourth-order valence-electron chi connectivity index (χ4n) is 0.991. The van der Waals surface area contributed by atoms with Gasteiger partial charge in [0.25, 0.3) is 5.69 Å². The number of phenolic OH excluding ortho intramolecular Hbond substituents is 1. The van der Waals surface area contributed by atoms with Crippen LogP contribution in [0, 0.1) is 10.1 Å². The molecular formula is C10H12BrNO3. The monoisotopic (exact) mass is 282 g/mol. The molecule has 15 heavy (non-hydrogen) atoms. The van der Waals surface area contributed by atoms with Crippen molar-refractivity contribution in [3.63, 3.8) is 0 Å². The van der Waals surface area contributed by atoms with Crippen LogP contribution >= 0.6 is 15.9 Å². The van der Waals surface area contributed by atoms with Gasteiger partial charge in [0.1, 0.15) is 5.75 Å². The summed E-state index contributed by atoms with van der Waals surface area (Å²) in [5.41, 5.74) is -5.05. The average Bonchev–Trinajstić information content (AvgIpc) is 2.27. The van der Waals surface area contributed by atoms with E-state index in [1.54, 1.807) is 0 Å². The van der Waals surface area contributed by atoms with Crippen molar-refractivity contribution in [2.75, 3.05) is 0 Å². The summed E-state index contributed by atoms with van der Waals surface area (Å²) >= 11 is 2.77. The maximum absolute atomic E-state index is 10.9. The van der Waals surface area contributed by atoms with Gasteiger partial charge in [-0.1, -0.05) is 20.6 Å². The standard InChI is InChI=1S/C10H12BrNO3/c1-10(2,3)6-4-7(11)8(12(14)15)5-9(6)13/h4-5,13H,1-3H3/i1D3,2D3,3D3. The molecule has 1 rings (SSSR count). The third kappa shape index (κ3) is 2.47. The molecule has 0 radical (unpaired) electrons. The first-order chi connectivity index (χ1) is 10.5. The van der Waals surface area contributed by atoms with E-state index in [0.717, 1.165) is 0 Å². The van der Waals surface area contributed by atoms with E-state index >= 15 is 0 Å². The SMILES string of the molecule is [2H]C([2H])([2H])C(c1cc(Br)c([N+](=O)[O-])cc1O)(C([2H])([2H])[2H])C([2H])([2H])[2H]. The van der Waals surface area contributed by atoms with E-state index in [2.05, 4.69) is 15.9 Å². The van der Waals surface area contributed by atoms with Gasteiger partial charge in [0.2, 0.25) is 0 Å². The smallest absolute Gasteiger partial charge is 0.287 e. The summed E-state index contributed by atoms with van der Waals surface area (Å²) in [6.07, 6.45) is 0. The number of hydrogen-bond acceptors (Lipinski definition) is 3. The number of phenols is 1. The van der Waals surface area contributed by atoms with E-state index in [4.69, 9.17) is 12.3 Å². The van der Waals surface area contributed by atoms with Gasteiger partial charge in [-0.25, -0.2) is 0 Å². The van der Waals surface area contributed by atoms with Crippen molar-refractivity contribution in [1.29, 1.82) is 0 Å². The second kappa shape index (κ2) is 3.81. The summed E-state index contributed by atoms with van der Waals surface area (Å²) in [5, 5.41) is 20.9. The summed E-state index contributed by atoms with van der Waals surface area (Å²) in [7, 11) is 0. The van der Waals surface area contributed by atoms with E-state index in [9.17, 15) is 15.2 Å². The zero-order valence-corrected chi connectivity index (χ0v) is 8.83. The van der Waals surface area contributed by atoms with Crippen molar-refractivity contribution < 1.29 is 22.4 Å². The van der Waals surface area contributed by atoms with Crippen LogP contribution in [0.15, 0.2) is 16.6 Å². The lowest BCUT2D eigenvalue weighted by Crippen LogP contribution is -2.11. The predicted octanol–water partition coefficient (Wildman–Crippen LogP) is 3.36. The molecule has 4 nitrogen and oxygen atoms in total. The van der Waals surface area contributed by atoms with E-state index < -0.39 is 47.9 Å². The van der Waals surface area contributed by atoms with Gasteiger partial charge in [-0.2, -0.15) is 0 Å². The Labute approximate surface area is 109 Å². The molecular weight excluding hydrogens is 262 g/mol. The molecule has 0 aliphatic heterocycles. The first-order valence-corrected chi connectivity index (χ1v) is 4.45. The average molecular weight is 283 g/mol. The Morgan fingerprint density at radius 3 is 2.60 bits per heavy atom. The Morgan fingerprint density at radius 2 is 2.13 bits per heavy atom. The highest BCUT2D eigenvalue weighted by Crippen LogP contribution is 2.37. The van der Waals surface area contributed by atoms with Crippen LogP contribution in [0.1, 0.15) is 38.5 Å². The maximum Gasteiger partial charge on any atom is 0.287 e. The summed E-state index contributed by atoms with van der Waals surface area (Å²) < 4.78 is 67.5.